The molecule has 1 aliphatic heterocycles. The fraction of sp³-hybridized carbons (Fsp3) is 1.00. The molecule has 0 aromatic heterocycles. The van der Waals surface area contributed by atoms with Gasteiger partial charge in [0.15, 0.2) is 0 Å². The monoisotopic (exact) mass is 466 g/mol. The van der Waals surface area contributed by atoms with Crippen LogP contribution in [0, 0.1) is 0 Å². The van der Waals surface area contributed by atoms with Crippen molar-refractivity contribution in [2.45, 2.75) is 62.1 Å². The molecule has 0 N–H and O–H groups in total. The second-order valence-corrected chi connectivity index (χ2v) is 7.27. The van der Waals surface area contributed by atoms with Gasteiger partial charge in [0, 0.05) is 0 Å². The number of phosphoric ester groups is 1. The summed E-state index contributed by atoms with van der Waals surface area (Å²) in [6.07, 6.45) is -7.79. The van der Waals surface area contributed by atoms with Gasteiger partial charge in [0.2, 0.25) is 0 Å². The Morgan fingerprint density at radius 2 is 1.21 bits per heavy atom. The van der Waals surface area contributed by atoms with E-state index in [1.54, 1.807) is 0 Å². The molecule has 0 bridgehead atoms. The lowest BCUT2D eigenvalue weighted by molar-refractivity contribution is -0.414. The van der Waals surface area contributed by atoms with E-state index in [1.807, 2.05) is 0 Å². The molecule has 17 heteroatoms. The highest BCUT2D eigenvalue weighted by Gasteiger charge is 2.87. The Morgan fingerprint density at radius 3 is 1.57 bits per heavy atom. The lowest BCUT2D eigenvalue weighted by Gasteiger charge is -2.39. The van der Waals surface area contributed by atoms with Crippen LogP contribution >= 0.6 is 7.82 Å². The maximum Gasteiger partial charge on any atom is 0.475 e. The average molecular weight is 466 g/mol. The molecule has 0 amide bonds. The largest absolute Gasteiger partial charge is 0.475 e. The SMILES string of the molecule is CC1OP(=O)(OCC(F)(F)C(F)(F)C(F)(F)C(F)(F)C(F)(F)C(F)F)OC1C. The van der Waals surface area contributed by atoms with Gasteiger partial charge in [-0.2, -0.15) is 43.9 Å². The molecule has 168 valence electrons. The Morgan fingerprint density at radius 1 is 0.821 bits per heavy atom. The van der Waals surface area contributed by atoms with Crippen molar-refractivity contribution >= 4 is 7.82 Å². The molecule has 2 unspecified atom stereocenters. The van der Waals surface area contributed by atoms with Gasteiger partial charge in [-0.3, -0.25) is 13.6 Å². The number of halogens is 12. The number of hydrogen-bond donors (Lipinski definition) is 0. The fourth-order valence-electron chi connectivity index (χ4n) is 1.69. The van der Waals surface area contributed by atoms with Crippen molar-refractivity contribution in [3.8, 4) is 0 Å². The van der Waals surface area contributed by atoms with Crippen LogP contribution in [0.25, 0.3) is 0 Å². The summed E-state index contributed by atoms with van der Waals surface area (Å²) in [5.41, 5.74) is 0. The molecule has 4 nitrogen and oxygen atoms in total. The van der Waals surface area contributed by atoms with E-state index in [4.69, 9.17) is 0 Å². The topological polar surface area (TPSA) is 44.8 Å². The molecule has 2 atom stereocenters. The quantitative estimate of drug-likeness (QED) is 0.356. The predicted octanol–water partition coefficient (Wildman–Crippen LogP) is 5.38. The summed E-state index contributed by atoms with van der Waals surface area (Å²) in [5, 5.41) is 0. The van der Waals surface area contributed by atoms with Crippen LogP contribution < -0.4 is 0 Å². The Labute approximate surface area is 148 Å². The molecule has 0 aliphatic carbocycles. The third-order valence-electron chi connectivity index (χ3n) is 3.60. The van der Waals surface area contributed by atoms with Crippen LogP contribution in [0.5, 0.6) is 0 Å². The van der Waals surface area contributed by atoms with Crippen molar-refractivity contribution in [1.29, 1.82) is 0 Å². The molecular weight excluding hydrogens is 455 g/mol. The van der Waals surface area contributed by atoms with Crippen molar-refractivity contribution < 1.29 is 70.8 Å². The van der Waals surface area contributed by atoms with Crippen molar-refractivity contribution in [2.75, 3.05) is 6.61 Å². The fourth-order valence-corrected chi connectivity index (χ4v) is 3.34. The molecule has 0 spiro atoms. The predicted molar refractivity (Wildman–Crippen MR) is 65.4 cm³/mol. The van der Waals surface area contributed by atoms with Crippen molar-refractivity contribution in [3.63, 3.8) is 0 Å². The van der Waals surface area contributed by atoms with E-state index in [0.29, 0.717) is 0 Å². The zero-order valence-electron chi connectivity index (χ0n) is 13.6. The maximum absolute atomic E-state index is 13.5. The van der Waals surface area contributed by atoms with Gasteiger partial charge in [0.1, 0.15) is 6.61 Å². The molecule has 0 saturated carbocycles. The molecule has 1 heterocycles. The highest BCUT2D eigenvalue weighted by Crippen LogP contribution is 2.61. The zero-order chi connectivity index (χ0) is 22.6. The molecule has 1 fully saturated rings. The normalized spacial score (nSPS) is 28.2. The summed E-state index contributed by atoms with van der Waals surface area (Å²) in [6.45, 7) is -0.703. The summed E-state index contributed by atoms with van der Waals surface area (Å²) in [5.74, 6) is -36.1. The van der Waals surface area contributed by atoms with Crippen LogP contribution in [0.15, 0.2) is 0 Å². The van der Waals surface area contributed by atoms with Crippen LogP contribution in [-0.2, 0) is 18.1 Å². The second-order valence-electron chi connectivity index (χ2n) is 5.69. The minimum atomic E-state index is -7.68. The molecule has 0 aromatic rings. The van der Waals surface area contributed by atoms with Crippen molar-refractivity contribution in [3.05, 3.63) is 0 Å². The van der Waals surface area contributed by atoms with Crippen molar-refractivity contribution in [2.24, 2.45) is 0 Å². The third kappa shape index (κ3) is 3.84. The summed E-state index contributed by atoms with van der Waals surface area (Å²) in [7, 11) is -5.00. The maximum atomic E-state index is 13.5. The average Bonchev–Trinajstić information content (AvgIpc) is 2.77. The first kappa shape index (κ1) is 25.3. The minimum Gasteiger partial charge on any atom is -0.281 e. The minimum absolute atomic E-state index is 1.10. The van der Waals surface area contributed by atoms with Crippen LogP contribution in [0.1, 0.15) is 13.8 Å². The molecule has 0 aromatic carbocycles. The molecule has 1 rings (SSSR count). The molecular formula is C11H11F12O4P. The van der Waals surface area contributed by atoms with E-state index in [9.17, 15) is 57.3 Å². The first-order chi connectivity index (χ1) is 12.2. The van der Waals surface area contributed by atoms with Gasteiger partial charge in [-0.25, -0.2) is 13.3 Å². The number of alkyl halides is 12. The Hall–Kier alpha value is -0.730. The summed E-state index contributed by atoms with van der Waals surface area (Å²) in [4.78, 5) is 0. The van der Waals surface area contributed by atoms with Crippen LogP contribution in [0.2, 0.25) is 0 Å². The molecule has 28 heavy (non-hydrogen) atoms. The lowest BCUT2D eigenvalue weighted by Crippen LogP contribution is -2.69. The van der Waals surface area contributed by atoms with Gasteiger partial charge in [-0.05, 0) is 13.8 Å². The first-order valence-electron chi connectivity index (χ1n) is 6.95. The lowest BCUT2D eigenvalue weighted by atomic mass is 9.95. The van der Waals surface area contributed by atoms with Gasteiger partial charge in [0.25, 0.3) is 0 Å². The molecule has 1 aliphatic rings. The zero-order valence-corrected chi connectivity index (χ0v) is 14.4. The Bertz CT molecular complexity index is 611. The van der Waals surface area contributed by atoms with Crippen LogP contribution in [-0.4, -0.2) is 54.9 Å². The highest BCUT2D eigenvalue weighted by molar-refractivity contribution is 7.48. The second kappa shape index (κ2) is 7.20. The van der Waals surface area contributed by atoms with E-state index in [2.05, 4.69) is 13.6 Å². The highest BCUT2D eigenvalue weighted by atomic mass is 31.2. The Balaban J connectivity index is 3.15. The number of rotatable bonds is 8. The van der Waals surface area contributed by atoms with E-state index in [-0.39, 0.29) is 0 Å². The Kier molecular flexibility index (Phi) is 6.51. The van der Waals surface area contributed by atoms with Gasteiger partial charge < -0.3 is 0 Å². The van der Waals surface area contributed by atoms with Crippen LogP contribution in [0.4, 0.5) is 52.7 Å². The molecule has 0 radical (unpaired) electrons. The number of hydrogen-bond acceptors (Lipinski definition) is 4. The van der Waals surface area contributed by atoms with E-state index in [1.165, 1.54) is 0 Å². The first-order valence-corrected chi connectivity index (χ1v) is 8.41. The van der Waals surface area contributed by atoms with E-state index in [0.717, 1.165) is 13.8 Å². The summed E-state index contributed by atoms with van der Waals surface area (Å²) >= 11 is 0. The number of phosphoric acid groups is 1. The standard InChI is InChI=1S/C11H11F12O4P/c1-4-5(2)27-28(24,26-4)25-3-7(14,15)9(18,19)11(22,23)10(20,21)8(16,17)6(12)13/h4-6H,3H2,1-2H3. The smallest absolute Gasteiger partial charge is 0.281 e. The summed E-state index contributed by atoms with van der Waals surface area (Å²) < 4.78 is 180. The van der Waals surface area contributed by atoms with Crippen LogP contribution in [0.3, 0.4) is 0 Å². The van der Waals surface area contributed by atoms with Gasteiger partial charge in [0.05, 0.1) is 12.2 Å². The molecule has 1 saturated heterocycles. The van der Waals surface area contributed by atoms with E-state index >= 15 is 0 Å². The van der Waals surface area contributed by atoms with Gasteiger partial charge in [-0.1, -0.05) is 0 Å². The van der Waals surface area contributed by atoms with Gasteiger partial charge in [-0.15, -0.1) is 0 Å². The van der Waals surface area contributed by atoms with E-state index < -0.39 is 62.7 Å². The third-order valence-corrected chi connectivity index (χ3v) is 5.22. The summed E-state index contributed by atoms with van der Waals surface area (Å²) in [6, 6.07) is 0. The van der Waals surface area contributed by atoms with Gasteiger partial charge >= 0.3 is 43.9 Å². The van der Waals surface area contributed by atoms with Crippen molar-refractivity contribution in [1.82, 2.24) is 0 Å².